The Hall–Kier alpha value is -2.95. The van der Waals surface area contributed by atoms with E-state index in [1.54, 1.807) is 24.3 Å². The fourth-order valence-electron chi connectivity index (χ4n) is 3.40. The Morgan fingerprint density at radius 1 is 0.929 bits per heavy atom. The van der Waals surface area contributed by atoms with Crippen molar-refractivity contribution in [2.45, 2.75) is 45.1 Å². The van der Waals surface area contributed by atoms with Crippen LogP contribution >= 0.6 is 0 Å². The van der Waals surface area contributed by atoms with Crippen molar-refractivity contribution in [2.75, 3.05) is 6.54 Å². The minimum absolute atomic E-state index is 0.143. The van der Waals surface area contributed by atoms with E-state index in [1.165, 1.54) is 4.90 Å². The Balaban J connectivity index is 1.76. The summed E-state index contributed by atoms with van der Waals surface area (Å²) in [7, 11) is 0. The van der Waals surface area contributed by atoms with Crippen LogP contribution in [0.1, 0.15) is 65.8 Å². The van der Waals surface area contributed by atoms with Gasteiger partial charge in [0, 0.05) is 18.9 Å². The second-order valence-corrected chi connectivity index (χ2v) is 8.00. The minimum Gasteiger partial charge on any atom is -0.460 e. The van der Waals surface area contributed by atoms with Gasteiger partial charge < -0.3 is 4.74 Å². The maximum Gasteiger partial charge on any atom is 0.306 e. The van der Waals surface area contributed by atoms with E-state index in [2.05, 4.69) is 0 Å². The first kappa shape index (κ1) is 19.8. The van der Waals surface area contributed by atoms with Crippen LogP contribution in [0.15, 0.2) is 54.6 Å². The van der Waals surface area contributed by atoms with Gasteiger partial charge in [0.05, 0.1) is 11.1 Å². The summed E-state index contributed by atoms with van der Waals surface area (Å²) in [6.07, 6.45) is 0.715. The lowest BCUT2D eigenvalue weighted by atomic mass is 9.93. The summed E-state index contributed by atoms with van der Waals surface area (Å²) in [4.78, 5) is 38.9. The summed E-state index contributed by atoms with van der Waals surface area (Å²) in [6, 6.07) is 16.5. The average molecular weight is 379 g/mol. The standard InChI is InChI=1S/C23H25NO4/c1-23(2,3)28-20(25)14-13-17(16-9-5-4-6-10-16)15-24-21(26)18-11-7-8-12-19(18)22(24)27/h4-12,17H,13-15H2,1-3H3. The molecule has 1 unspecified atom stereocenters. The first-order valence-corrected chi connectivity index (χ1v) is 9.48. The van der Waals surface area contributed by atoms with Gasteiger partial charge in [-0.1, -0.05) is 42.5 Å². The number of hydrogen-bond acceptors (Lipinski definition) is 4. The van der Waals surface area contributed by atoms with Crippen molar-refractivity contribution in [3.63, 3.8) is 0 Å². The van der Waals surface area contributed by atoms with Crippen molar-refractivity contribution in [2.24, 2.45) is 0 Å². The molecule has 0 saturated heterocycles. The lowest BCUT2D eigenvalue weighted by Crippen LogP contribution is -2.34. The minimum atomic E-state index is -0.540. The maximum atomic E-state index is 12.7. The molecule has 0 fully saturated rings. The van der Waals surface area contributed by atoms with E-state index in [4.69, 9.17) is 4.74 Å². The lowest BCUT2D eigenvalue weighted by molar-refractivity contribution is -0.155. The number of nitrogens with zero attached hydrogens (tertiary/aromatic N) is 1. The van der Waals surface area contributed by atoms with Gasteiger partial charge in [0.1, 0.15) is 5.60 Å². The smallest absolute Gasteiger partial charge is 0.306 e. The number of fused-ring (bicyclic) bond motifs is 1. The molecule has 0 radical (unpaired) electrons. The van der Waals surface area contributed by atoms with Crippen LogP contribution < -0.4 is 0 Å². The predicted molar refractivity (Wildman–Crippen MR) is 106 cm³/mol. The van der Waals surface area contributed by atoms with E-state index in [9.17, 15) is 14.4 Å². The molecule has 1 heterocycles. The van der Waals surface area contributed by atoms with Gasteiger partial charge in [0.15, 0.2) is 0 Å². The summed E-state index contributed by atoms with van der Waals surface area (Å²) in [5.74, 6) is -0.982. The molecule has 0 saturated carbocycles. The second-order valence-electron chi connectivity index (χ2n) is 8.00. The van der Waals surface area contributed by atoms with Gasteiger partial charge >= 0.3 is 5.97 Å². The van der Waals surface area contributed by atoms with Gasteiger partial charge in [-0.3, -0.25) is 19.3 Å². The molecule has 3 rings (SSSR count). The van der Waals surface area contributed by atoms with Crippen LogP contribution in [0.3, 0.4) is 0 Å². The van der Waals surface area contributed by atoms with Crippen molar-refractivity contribution in [1.29, 1.82) is 0 Å². The molecule has 1 aliphatic heterocycles. The molecule has 1 aliphatic rings. The molecule has 2 amide bonds. The van der Waals surface area contributed by atoms with Gasteiger partial charge in [-0.15, -0.1) is 0 Å². The first-order chi connectivity index (χ1) is 13.3. The molecule has 2 aromatic carbocycles. The van der Waals surface area contributed by atoms with Crippen LogP contribution in [0.25, 0.3) is 0 Å². The average Bonchev–Trinajstić information content (AvgIpc) is 2.89. The van der Waals surface area contributed by atoms with E-state index in [0.29, 0.717) is 17.5 Å². The van der Waals surface area contributed by atoms with Crippen LogP contribution in [0.5, 0.6) is 0 Å². The molecule has 2 aromatic rings. The molecule has 5 nitrogen and oxygen atoms in total. The Morgan fingerprint density at radius 2 is 1.46 bits per heavy atom. The van der Waals surface area contributed by atoms with E-state index in [1.807, 2.05) is 51.1 Å². The van der Waals surface area contributed by atoms with Gasteiger partial charge in [0.2, 0.25) is 0 Å². The number of amides is 2. The van der Waals surface area contributed by atoms with Crippen LogP contribution in [0.4, 0.5) is 0 Å². The largest absolute Gasteiger partial charge is 0.460 e. The number of imide groups is 1. The SMILES string of the molecule is CC(C)(C)OC(=O)CCC(CN1C(=O)c2ccccc2C1=O)c1ccccc1. The van der Waals surface area contributed by atoms with Crippen molar-refractivity contribution in [3.05, 3.63) is 71.3 Å². The van der Waals surface area contributed by atoms with E-state index >= 15 is 0 Å². The first-order valence-electron chi connectivity index (χ1n) is 9.48. The van der Waals surface area contributed by atoms with E-state index in [0.717, 1.165) is 5.56 Å². The molecule has 28 heavy (non-hydrogen) atoms. The summed E-state index contributed by atoms with van der Waals surface area (Å²) in [5.41, 5.74) is 1.32. The molecule has 0 aliphatic carbocycles. The second kappa shape index (κ2) is 7.97. The number of ether oxygens (including phenoxy) is 1. The molecule has 5 heteroatoms. The number of esters is 1. The molecule has 0 spiro atoms. The molecule has 1 atom stereocenters. The third-order valence-electron chi connectivity index (χ3n) is 4.67. The number of rotatable bonds is 6. The quantitative estimate of drug-likeness (QED) is 0.558. The Morgan fingerprint density at radius 3 is 2.00 bits per heavy atom. The number of hydrogen-bond donors (Lipinski definition) is 0. The number of carbonyl (C=O) groups excluding carboxylic acids is 3. The van der Waals surface area contributed by atoms with Gasteiger partial charge in [0.25, 0.3) is 11.8 Å². The van der Waals surface area contributed by atoms with Crippen LogP contribution in [-0.4, -0.2) is 34.8 Å². The fraction of sp³-hybridized carbons (Fsp3) is 0.348. The van der Waals surface area contributed by atoms with E-state index in [-0.39, 0.29) is 36.7 Å². The number of benzene rings is 2. The van der Waals surface area contributed by atoms with Gasteiger partial charge in [-0.2, -0.15) is 0 Å². The third-order valence-corrected chi connectivity index (χ3v) is 4.67. The molecule has 0 N–H and O–H groups in total. The predicted octanol–water partition coefficient (Wildman–Crippen LogP) is 4.19. The summed E-state index contributed by atoms with van der Waals surface area (Å²) >= 11 is 0. The molecule has 0 aromatic heterocycles. The van der Waals surface area contributed by atoms with Gasteiger partial charge in [-0.05, 0) is 44.9 Å². The zero-order valence-corrected chi connectivity index (χ0v) is 16.5. The van der Waals surface area contributed by atoms with Crippen LogP contribution in [-0.2, 0) is 9.53 Å². The zero-order chi connectivity index (χ0) is 20.3. The molecule has 0 bridgehead atoms. The normalized spacial score (nSPS) is 14.8. The highest BCUT2D eigenvalue weighted by Gasteiger charge is 2.36. The highest BCUT2D eigenvalue weighted by molar-refractivity contribution is 6.21. The van der Waals surface area contributed by atoms with Crippen LogP contribution in [0, 0.1) is 0 Å². The third kappa shape index (κ3) is 4.47. The highest BCUT2D eigenvalue weighted by Crippen LogP contribution is 2.29. The molecular weight excluding hydrogens is 354 g/mol. The Kier molecular flexibility index (Phi) is 5.63. The molecule has 146 valence electrons. The lowest BCUT2D eigenvalue weighted by Gasteiger charge is -2.24. The van der Waals surface area contributed by atoms with Crippen molar-refractivity contribution in [3.8, 4) is 0 Å². The summed E-state index contributed by atoms with van der Waals surface area (Å²) in [6.45, 7) is 5.73. The van der Waals surface area contributed by atoms with Gasteiger partial charge in [-0.25, -0.2) is 0 Å². The van der Waals surface area contributed by atoms with E-state index < -0.39 is 5.60 Å². The number of carbonyl (C=O) groups is 3. The Bertz CT molecular complexity index is 848. The summed E-state index contributed by atoms with van der Waals surface area (Å²) < 4.78 is 5.40. The van der Waals surface area contributed by atoms with Crippen molar-refractivity contribution < 1.29 is 19.1 Å². The monoisotopic (exact) mass is 379 g/mol. The van der Waals surface area contributed by atoms with Crippen molar-refractivity contribution >= 4 is 17.8 Å². The summed E-state index contributed by atoms with van der Waals surface area (Å²) in [5, 5.41) is 0. The molecular formula is C23H25NO4. The van der Waals surface area contributed by atoms with Crippen LogP contribution in [0.2, 0.25) is 0 Å². The Labute approximate surface area is 165 Å². The zero-order valence-electron chi connectivity index (χ0n) is 16.5. The maximum absolute atomic E-state index is 12.7. The fourth-order valence-corrected chi connectivity index (χ4v) is 3.40. The van der Waals surface area contributed by atoms with Crippen molar-refractivity contribution in [1.82, 2.24) is 4.90 Å². The highest BCUT2D eigenvalue weighted by atomic mass is 16.6. The topological polar surface area (TPSA) is 63.7 Å².